The Hall–Kier alpha value is -4.13. The molecule has 0 spiro atoms. The van der Waals surface area contributed by atoms with Crippen molar-refractivity contribution < 1.29 is 9.18 Å². The van der Waals surface area contributed by atoms with Gasteiger partial charge in [0.25, 0.3) is 5.91 Å². The number of carbonyl (C=O) groups excluding carboxylic acids is 1. The first-order valence-electron chi connectivity index (χ1n) is 10.0. The van der Waals surface area contributed by atoms with Gasteiger partial charge in [0.2, 0.25) is 0 Å². The Bertz CT molecular complexity index is 1330. The van der Waals surface area contributed by atoms with Gasteiger partial charge in [0.15, 0.2) is 5.82 Å². The summed E-state index contributed by atoms with van der Waals surface area (Å²) in [6.45, 7) is 0.494. The maximum atomic E-state index is 13.4. The third kappa shape index (κ3) is 3.61. The van der Waals surface area contributed by atoms with Crippen LogP contribution in [0.1, 0.15) is 15.9 Å². The minimum absolute atomic E-state index is 0.211. The van der Waals surface area contributed by atoms with E-state index in [-0.39, 0.29) is 11.7 Å². The predicted octanol–water partition coefficient (Wildman–Crippen LogP) is 4.26. The zero-order valence-corrected chi connectivity index (χ0v) is 16.6. The molecule has 2 N–H and O–H groups in total. The summed E-state index contributed by atoms with van der Waals surface area (Å²) in [4.78, 5) is 16.3. The second kappa shape index (κ2) is 7.95. The van der Waals surface area contributed by atoms with Crippen LogP contribution in [0, 0.1) is 5.82 Å². The molecule has 0 unspecified atom stereocenters. The normalized spacial score (nSPS) is 11.1. The van der Waals surface area contributed by atoms with Crippen molar-refractivity contribution in [2.24, 2.45) is 0 Å². The molecule has 0 radical (unpaired) electrons. The molecule has 0 aliphatic heterocycles. The van der Waals surface area contributed by atoms with Crippen LogP contribution >= 0.6 is 0 Å². The number of nitrogens with one attached hydrogen (secondary N) is 2. The van der Waals surface area contributed by atoms with Crippen molar-refractivity contribution >= 4 is 16.8 Å². The van der Waals surface area contributed by atoms with Gasteiger partial charge in [-0.3, -0.25) is 4.79 Å². The zero-order chi connectivity index (χ0) is 21.2. The number of amides is 1. The fourth-order valence-electron chi connectivity index (χ4n) is 3.74. The molecule has 0 fully saturated rings. The van der Waals surface area contributed by atoms with Crippen molar-refractivity contribution in [3.05, 3.63) is 102 Å². The molecule has 31 heavy (non-hydrogen) atoms. The van der Waals surface area contributed by atoms with Crippen molar-refractivity contribution in [2.75, 3.05) is 6.54 Å². The highest BCUT2D eigenvalue weighted by atomic mass is 19.1. The van der Waals surface area contributed by atoms with Crippen LogP contribution in [0.15, 0.2) is 85.5 Å². The van der Waals surface area contributed by atoms with Crippen LogP contribution in [0.25, 0.3) is 22.4 Å². The van der Waals surface area contributed by atoms with E-state index in [0.29, 0.717) is 30.0 Å². The van der Waals surface area contributed by atoms with E-state index in [1.54, 1.807) is 23.0 Å². The van der Waals surface area contributed by atoms with Crippen LogP contribution in [-0.2, 0) is 6.42 Å². The number of nitrogens with zero attached hydrogens (tertiary/aromatic N) is 3. The molecule has 7 heteroatoms. The Morgan fingerprint density at radius 3 is 2.61 bits per heavy atom. The monoisotopic (exact) mass is 413 g/mol. The van der Waals surface area contributed by atoms with E-state index in [1.807, 2.05) is 53.5 Å². The van der Waals surface area contributed by atoms with E-state index >= 15 is 0 Å². The maximum Gasteiger partial charge on any atom is 0.256 e. The minimum atomic E-state index is -0.325. The predicted molar refractivity (Wildman–Crippen MR) is 117 cm³/mol. The lowest BCUT2D eigenvalue weighted by Crippen LogP contribution is -2.26. The molecule has 5 aromatic rings. The number of carbonyl (C=O) groups is 1. The van der Waals surface area contributed by atoms with E-state index in [9.17, 15) is 9.18 Å². The summed E-state index contributed by atoms with van der Waals surface area (Å²) in [5.74, 6) is 0.0618. The molecule has 0 aliphatic rings. The van der Waals surface area contributed by atoms with Crippen molar-refractivity contribution in [2.45, 2.75) is 6.42 Å². The van der Waals surface area contributed by atoms with E-state index < -0.39 is 0 Å². The standard InChI is InChI=1S/C24H20FN5O/c25-18-7-9-19(10-8-18)30-24(29-13-3-4-14-29)21(16-28-30)23(31)26-12-11-17-15-27-22-6-2-1-5-20(17)22/h1-10,13-16,27H,11-12H2,(H,26,31). The molecule has 0 saturated carbocycles. The number of aromatic amines is 1. The fraction of sp³-hybridized carbons (Fsp3) is 0.0833. The summed E-state index contributed by atoms with van der Waals surface area (Å²) in [7, 11) is 0. The average molecular weight is 413 g/mol. The lowest BCUT2D eigenvalue weighted by Gasteiger charge is -2.11. The first-order valence-corrected chi connectivity index (χ1v) is 10.0. The summed E-state index contributed by atoms with van der Waals surface area (Å²) >= 11 is 0. The highest BCUT2D eigenvalue weighted by molar-refractivity contribution is 5.97. The van der Waals surface area contributed by atoms with E-state index in [2.05, 4.69) is 21.5 Å². The fourth-order valence-corrected chi connectivity index (χ4v) is 3.74. The van der Waals surface area contributed by atoms with Crippen molar-refractivity contribution in [3.63, 3.8) is 0 Å². The van der Waals surface area contributed by atoms with Gasteiger partial charge in [-0.05, 0) is 54.4 Å². The molecular weight excluding hydrogens is 393 g/mol. The molecule has 5 rings (SSSR count). The molecule has 154 valence electrons. The summed E-state index contributed by atoms with van der Waals surface area (Å²) < 4.78 is 16.8. The van der Waals surface area contributed by atoms with Crippen LogP contribution in [0.3, 0.4) is 0 Å². The quantitative estimate of drug-likeness (QED) is 0.437. The number of hydrogen-bond donors (Lipinski definition) is 2. The Balaban J connectivity index is 1.39. The molecule has 6 nitrogen and oxygen atoms in total. The van der Waals surface area contributed by atoms with Gasteiger partial charge in [0, 0.05) is 36.0 Å². The Morgan fingerprint density at radius 1 is 1.03 bits per heavy atom. The molecule has 3 aromatic heterocycles. The van der Waals surface area contributed by atoms with Gasteiger partial charge >= 0.3 is 0 Å². The molecule has 2 aromatic carbocycles. The first-order chi connectivity index (χ1) is 15.2. The lowest BCUT2D eigenvalue weighted by atomic mass is 10.1. The Labute approximate surface area is 177 Å². The Morgan fingerprint density at radius 2 is 1.81 bits per heavy atom. The third-order valence-electron chi connectivity index (χ3n) is 5.26. The smallest absolute Gasteiger partial charge is 0.256 e. The second-order valence-corrected chi connectivity index (χ2v) is 7.23. The van der Waals surface area contributed by atoms with Crippen LogP contribution in [0.4, 0.5) is 4.39 Å². The van der Waals surface area contributed by atoms with Gasteiger partial charge in [-0.1, -0.05) is 18.2 Å². The largest absolute Gasteiger partial charge is 0.361 e. The van der Waals surface area contributed by atoms with Crippen LogP contribution in [0.5, 0.6) is 0 Å². The highest BCUT2D eigenvalue weighted by Crippen LogP contribution is 2.21. The third-order valence-corrected chi connectivity index (χ3v) is 5.26. The maximum absolute atomic E-state index is 13.4. The number of para-hydroxylation sites is 1. The average Bonchev–Trinajstić information content (AvgIpc) is 3.54. The minimum Gasteiger partial charge on any atom is -0.361 e. The van der Waals surface area contributed by atoms with Crippen molar-refractivity contribution in [1.82, 2.24) is 24.6 Å². The Kier molecular flexibility index (Phi) is 4.84. The summed E-state index contributed by atoms with van der Waals surface area (Å²) in [6, 6.07) is 17.9. The number of hydrogen-bond acceptors (Lipinski definition) is 2. The topological polar surface area (TPSA) is 67.6 Å². The molecule has 0 aliphatic carbocycles. The molecule has 1 amide bonds. The number of fused-ring (bicyclic) bond motifs is 1. The molecular formula is C24H20FN5O. The van der Waals surface area contributed by atoms with E-state index in [4.69, 9.17) is 0 Å². The number of benzene rings is 2. The zero-order valence-electron chi connectivity index (χ0n) is 16.6. The number of aromatic nitrogens is 4. The highest BCUT2D eigenvalue weighted by Gasteiger charge is 2.19. The number of rotatable bonds is 6. The van der Waals surface area contributed by atoms with Gasteiger partial charge in [-0.2, -0.15) is 5.10 Å². The molecule has 0 saturated heterocycles. The van der Waals surface area contributed by atoms with Crippen molar-refractivity contribution in [1.29, 1.82) is 0 Å². The van der Waals surface area contributed by atoms with E-state index in [0.717, 1.165) is 16.5 Å². The van der Waals surface area contributed by atoms with Gasteiger partial charge in [0.1, 0.15) is 11.4 Å². The SMILES string of the molecule is O=C(NCCc1c[nH]c2ccccc12)c1cnn(-c2ccc(F)cc2)c1-n1cccc1. The van der Waals surface area contributed by atoms with E-state index in [1.165, 1.54) is 12.1 Å². The van der Waals surface area contributed by atoms with Gasteiger partial charge < -0.3 is 14.9 Å². The molecule has 0 bridgehead atoms. The molecule has 3 heterocycles. The summed E-state index contributed by atoms with van der Waals surface area (Å²) in [6.07, 6.45) is 7.93. The van der Waals surface area contributed by atoms with Crippen LogP contribution < -0.4 is 5.32 Å². The van der Waals surface area contributed by atoms with Gasteiger partial charge in [0.05, 0.1) is 11.9 Å². The van der Waals surface area contributed by atoms with Crippen molar-refractivity contribution in [3.8, 4) is 11.5 Å². The molecule has 0 atom stereocenters. The second-order valence-electron chi connectivity index (χ2n) is 7.23. The lowest BCUT2D eigenvalue weighted by molar-refractivity contribution is 0.0954. The first kappa shape index (κ1) is 18.9. The number of H-pyrrole nitrogens is 1. The number of halogens is 1. The summed E-state index contributed by atoms with van der Waals surface area (Å²) in [5, 5.41) is 8.56. The van der Waals surface area contributed by atoms with Crippen LogP contribution in [0.2, 0.25) is 0 Å². The van der Waals surface area contributed by atoms with Gasteiger partial charge in [-0.15, -0.1) is 0 Å². The summed E-state index contributed by atoms with van der Waals surface area (Å²) in [5.41, 5.74) is 3.35. The van der Waals surface area contributed by atoms with Gasteiger partial charge in [-0.25, -0.2) is 9.07 Å². The van der Waals surface area contributed by atoms with Crippen LogP contribution in [-0.4, -0.2) is 31.8 Å².